The summed E-state index contributed by atoms with van der Waals surface area (Å²) in [7, 11) is 0. The number of aliphatic hydroxyl groups excluding tert-OH is 1. The van der Waals surface area contributed by atoms with Crippen molar-refractivity contribution >= 4 is 17.2 Å². The summed E-state index contributed by atoms with van der Waals surface area (Å²) in [4.78, 5) is 14.9. The molecule has 1 amide bonds. The molecule has 0 aliphatic carbocycles. The zero-order chi connectivity index (χ0) is 12.5. The van der Waals surface area contributed by atoms with Crippen molar-refractivity contribution in [3.8, 4) is 0 Å². The summed E-state index contributed by atoms with van der Waals surface area (Å²) < 4.78 is 0. The molecule has 4 heteroatoms. The molecule has 1 atom stereocenters. The van der Waals surface area contributed by atoms with Crippen LogP contribution in [-0.2, 0) is 11.2 Å². The molecule has 17 heavy (non-hydrogen) atoms. The number of hydrogen-bond acceptors (Lipinski definition) is 3. The first-order chi connectivity index (χ1) is 7.99. The van der Waals surface area contributed by atoms with E-state index in [0.29, 0.717) is 13.0 Å². The third-order valence-corrected chi connectivity index (χ3v) is 4.46. The molecule has 3 nitrogen and oxygen atoms in total. The van der Waals surface area contributed by atoms with Gasteiger partial charge in [-0.3, -0.25) is 4.79 Å². The third kappa shape index (κ3) is 2.87. The predicted molar refractivity (Wildman–Crippen MR) is 69.0 cm³/mol. The molecular formula is C13H19NO2S. The predicted octanol–water partition coefficient (Wildman–Crippen LogP) is 1.91. The van der Waals surface area contributed by atoms with E-state index in [1.807, 2.05) is 17.5 Å². The minimum Gasteiger partial charge on any atom is -0.391 e. The Morgan fingerprint density at radius 2 is 2.41 bits per heavy atom. The van der Waals surface area contributed by atoms with E-state index in [9.17, 15) is 9.90 Å². The highest BCUT2D eigenvalue weighted by Crippen LogP contribution is 2.30. The maximum absolute atomic E-state index is 12.0. The average Bonchev–Trinajstić information content (AvgIpc) is 2.74. The van der Waals surface area contributed by atoms with E-state index < -0.39 is 6.10 Å². The van der Waals surface area contributed by atoms with Crippen molar-refractivity contribution in [3.63, 3.8) is 0 Å². The van der Waals surface area contributed by atoms with E-state index >= 15 is 0 Å². The Labute approximate surface area is 106 Å². The fourth-order valence-electron chi connectivity index (χ4n) is 2.04. The highest BCUT2D eigenvalue weighted by molar-refractivity contribution is 7.10. The number of carbonyl (C=O) groups is 1. The number of nitrogens with zero attached hydrogens (tertiary/aromatic N) is 1. The Kier molecular flexibility index (Phi) is 3.54. The summed E-state index contributed by atoms with van der Waals surface area (Å²) in [6.07, 6.45) is 0.915. The number of carbonyl (C=O) groups excluding carboxylic acids is 1. The first kappa shape index (κ1) is 12.6. The Hall–Kier alpha value is -0.870. The van der Waals surface area contributed by atoms with Gasteiger partial charge in [0.05, 0.1) is 12.5 Å². The van der Waals surface area contributed by atoms with Crippen LogP contribution in [0.4, 0.5) is 0 Å². The number of amides is 1. The van der Waals surface area contributed by atoms with Crippen molar-refractivity contribution in [3.05, 3.63) is 22.4 Å². The minimum absolute atomic E-state index is 0.0697. The summed E-state index contributed by atoms with van der Waals surface area (Å²) >= 11 is 1.61. The van der Waals surface area contributed by atoms with Crippen molar-refractivity contribution in [1.82, 2.24) is 4.90 Å². The Bertz CT molecular complexity index is 386. The molecule has 1 N–H and O–H groups in total. The van der Waals surface area contributed by atoms with Crippen LogP contribution in [0.1, 0.15) is 25.1 Å². The number of likely N-dealkylation sites (tertiary alicyclic amines) is 1. The molecule has 1 saturated heterocycles. The van der Waals surface area contributed by atoms with Gasteiger partial charge in [-0.15, -0.1) is 11.3 Å². The van der Waals surface area contributed by atoms with Gasteiger partial charge >= 0.3 is 0 Å². The lowest BCUT2D eigenvalue weighted by Crippen LogP contribution is -2.50. The van der Waals surface area contributed by atoms with Gasteiger partial charge in [0, 0.05) is 18.0 Å². The van der Waals surface area contributed by atoms with Crippen LogP contribution < -0.4 is 0 Å². The van der Waals surface area contributed by atoms with E-state index in [1.54, 1.807) is 16.2 Å². The molecule has 2 rings (SSSR count). The molecule has 1 aromatic rings. The van der Waals surface area contributed by atoms with Crippen LogP contribution in [-0.4, -0.2) is 35.1 Å². The minimum atomic E-state index is -0.413. The van der Waals surface area contributed by atoms with E-state index in [2.05, 4.69) is 13.8 Å². The van der Waals surface area contributed by atoms with Gasteiger partial charge in [0.15, 0.2) is 0 Å². The SMILES string of the molecule is CC1(C)CCN(C(=O)Cc2cccs2)CC1O. The van der Waals surface area contributed by atoms with Crippen LogP contribution in [0, 0.1) is 5.41 Å². The number of piperidine rings is 1. The van der Waals surface area contributed by atoms with Gasteiger partial charge in [0.2, 0.25) is 5.91 Å². The normalized spacial score (nSPS) is 23.7. The summed E-state index contributed by atoms with van der Waals surface area (Å²) in [5.41, 5.74) is -0.0697. The summed E-state index contributed by atoms with van der Waals surface area (Å²) in [6.45, 7) is 5.34. The molecule has 1 aliphatic rings. The highest BCUT2D eigenvalue weighted by Gasteiger charge is 2.35. The highest BCUT2D eigenvalue weighted by atomic mass is 32.1. The van der Waals surface area contributed by atoms with Crippen LogP contribution in [0.2, 0.25) is 0 Å². The van der Waals surface area contributed by atoms with E-state index in [0.717, 1.165) is 17.8 Å². The largest absolute Gasteiger partial charge is 0.391 e. The number of β-amino-alcohol motifs (C(OH)–C–C–N with tert-alkyl or cyclic N) is 1. The van der Waals surface area contributed by atoms with Crippen molar-refractivity contribution in [1.29, 1.82) is 0 Å². The molecule has 0 saturated carbocycles. The van der Waals surface area contributed by atoms with Gasteiger partial charge in [-0.2, -0.15) is 0 Å². The number of aliphatic hydroxyl groups is 1. The van der Waals surface area contributed by atoms with Crippen LogP contribution in [0.25, 0.3) is 0 Å². The second kappa shape index (κ2) is 4.78. The first-order valence-corrected chi connectivity index (χ1v) is 6.85. The van der Waals surface area contributed by atoms with Crippen molar-refractivity contribution in [2.45, 2.75) is 32.8 Å². The molecule has 0 radical (unpaired) electrons. The zero-order valence-electron chi connectivity index (χ0n) is 10.3. The van der Waals surface area contributed by atoms with Gasteiger partial charge in [0.1, 0.15) is 0 Å². The number of rotatable bonds is 2. The van der Waals surface area contributed by atoms with Crippen molar-refractivity contribution in [2.24, 2.45) is 5.41 Å². The van der Waals surface area contributed by atoms with Gasteiger partial charge in [0.25, 0.3) is 0 Å². The standard InChI is InChI=1S/C13H19NO2S/c1-13(2)5-6-14(9-11(13)15)12(16)8-10-4-3-7-17-10/h3-4,7,11,15H,5-6,8-9H2,1-2H3. The second-order valence-corrected chi connectivity index (χ2v) is 6.38. The van der Waals surface area contributed by atoms with Gasteiger partial charge in [-0.1, -0.05) is 19.9 Å². The van der Waals surface area contributed by atoms with Gasteiger partial charge < -0.3 is 10.0 Å². The third-order valence-electron chi connectivity index (χ3n) is 3.58. The van der Waals surface area contributed by atoms with Crippen molar-refractivity contribution in [2.75, 3.05) is 13.1 Å². The van der Waals surface area contributed by atoms with Crippen molar-refractivity contribution < 1.29 is 9.90 Å². The van der Waals surface area contributed by atoms with Crippen LogP contribution in [0.15, 0.2) is 17.5 Å². The first-order valence-electron chi connectivity index (χ1n) is 5.97. The molecule has 0 aromatic carbocycles. The molecule has 1 unspecified atom stereocenters. The summed E-state index contributed by atoms with van der Waals surface area (Å²) in [5.74, 6) is 0.127. The molecule has 2 heterocycles. The average molecular weight is 253 g/mol. The summed E-state index contributed by atoms with van der Waals surface area (Å²) in [6, 6.07) is 3.94. The molecule has 1 fully saturated rings. The second-order valence-electron chi connectivity index (χ2n) is 5.35. The maximum Gasteiger partial charge on any atom is 0.227 e. The van der Waals surface area contributed by atoms with Crippen LogP contribution >= 0.6 is 11.3 Å². The molecular weight excluding hydrogens is 234 g/mol. The van der Waals surface area contributed by atoms with Gasteiger partial charge in [-0.05, 0) is 23.3 Å². The Morgan fingerprint density at radius 3 is 3.00 bits per heavy atom. The fourth-order valence-corrected chi connectivity index (χ4v) is 2.73. The smallest absolute Gasteiger partial charge is 0.227 e. The Balaban J connectivity index is 1.93. The molecule has 94 valence electrons. The number of hydrogen-bond donors (Lipinski definition) is 1. The van der Waals surface area contributed by atoms with Crippen LogP contribution in [0.3, 0.4) is 0 Å². The lowest BCUT2D eigenvalue weighted by Gasteiger charge is -2.41. The van der Waals surface area contributed by atoms with E-state index in [-0.39, 0.29) is 11.3 Å². The molecule has 0 spiro atoms. The van der Waals surface area contributed by atoms with Crippen LogP contribution in [0.5, 0.6) is 0 Å². The molecule has 1 aromatic heterocycles. The quantitative estimate of drug-likeness (QED) is 0.874. The van der Waals surface area contributed by atoms with E-state index in [1.165, 1.54) is 0 Å². The van der Waals surface area contributed by atoms with E-state index in [4.69, 9.17) is 0 Å². The zero-order valence-corrected chi connectivity index (χ0v) is 11.2. The molecule has 0 bridgehead atoms. The topological polar surface area (TPSA) is 40.5 Å². The summed E-state index contributed by atoms with van der Waals surface area (Å²) in [5, 5.41) is 12.0. The Morgan fingerprint density at radius 1 is 1.65 bits per heavy atom. The monoisotopic (exact) mass is 253 g/mol. The lowest BCUT2D eigenvalue weighted by molar-refractivity contribution is -0.137. The molecule has 1 aliphatic heterocycles. The maximum atomic E-state index is 12.0. The van der Waals surface area contributed by atoms with Gasteiger partial charge in [-0.25, -0.2) is 0 Å². The lowest BCUT2D eigenvalue weighted by atomic mass is 9.80. The fraction of sp³-hybridized carbons (Fsp3) is 0.615. The number of thiophene rings is 1.